The first-order valence-electron chi connectivity index (χ1n) is 16.1. The number of hydrogen-bond acceptors (Lipinski definition) is 18. The second-order valence-corrected chi connectivity index (χ2v) is 18.1. The largest absolute Gasteiger partial charge is 0.395 e. The number of nitrogens with one attached hydrogen (secondary N) is 1. The first-order chi connectivity index (χ1) is 24.4. The van der Waals surface area contributed by atoms with Crippen molar-refractivity contribution in [3.63, 3.8) is 0 Å². The van der Waals surface area contributed by atoms with E-state index in [9.17, 15) is 24.8 Å². The number of nitrogens with two attached hydrogens (primary N) is 1. The lowest BCUT2D eigenvalue weighted by Crippen LogP contribution is -2.36. The predicted octanol–water partition coefficient (Wildman–Crippen LogP) is 0.725. The van der Waals surface area contributed by atoms with Crippen molar-refractivity contribution in [2.24, 2.45) is 0 Å². The molecule has 0 aromatic carbocycles. The number of anilines is 2. The molecule has 2 bridgehead atoms. The van der Waals surface area contributed by atoms with E-state index in [-0.39, 0.29) is 36.1 Å². The van der Waals surface area contributed by atoms with Crippen LogP contribution in [-0.2, 0) is 56.8 Å². The minimum atomic E-state index is -4.35. The zero-order valence-electron chi connectivity index (χ0n) is 26.6. The molecule has 3 saturated heterocycles. The molecule has 51 heavy (non-hydrogen) atoms. The maximum absolute atomic E-state index is 13.8. The Bertz CT molecular complexity index is 2060. The molecule has 24 heteroatoms. The Kier molecular flexibility index (Phi) is 9.63. The number of ether oxygens (including phenoxy) is 2. The van der Waals surface area contributed by atoms with Crippen LogP contribution < -0.4 is 11.1 Å². The van der Waals surface area contributed by atoms with Gasteiger partial charge in [-0.1, -0.05) is 12.2 Å². The maximum Gasteiger partial charge on any atom is 0.386 e. The zero-order valence-corrected chi connectivity index (χ0v) is 30.1. The Balaban J connectivity index is 1.10. The normalized spacial score (nSPS) is 35.9. The fraction of sp³-hybridized carbons (Fsp3) is 0.593. The van der Waals surface area contributed by atoms with Crippen LogP contribution in [0, 0.1) is 0 Å². The molecule has 0 radical (unpaired) electrons. The number of aliphatic hydroxyl groups excluding tert-OH is 3. The van der Waals surface area contributed by atoms with Gasteiger partial charge in [0.2, 0.25) is 5.95 Å². The van der Waals surface area contributed by atoms with E-state index < -0.39 is 75.8 Å². The summed E-state index contributed by atoms with van der Waals surface area (Å²) in [5.74, 6) is 0.104. The number of nitrogen functional groups attached to an aromatic ring is 1. The summed E-state index contributed by atoms with van der Waals surface area (Å²) in [5.41, 5.74) is 8.94. The van der Waals surface area contributed by atoms with Gasteiger partial charge in [0.05, 0.1) is 31.8 Å². The van der Waals surface area contributed by atoms with E-state index in [0.717, 1.165) is 42.3 Å². The smallest absolute Gasteiger partial charge is 0.386 e. The lowest BCUT2D eigenvalue weighted by atomic mass is 10.1. The van der Waals surface area contributed by atoms with Crippen LogP contribution in [0.15, 0.2) is 18.9 Å². The number of aryl methyl sites for hydroxylation is 2. The van der Waals surface area contributed by atoms with Crippen LogP contribution in [0.4, 0.5) is 11.8 Å². The number of thiol groups is 1. The minimum absolute atomic E-state index is 0.0189. The van der Waals surface area contributed by atoms with Gasteiger partial charge in [0.25, 0.3) is 0 Å². The summed E-state index contributed by atoms with van der Waals surface area (Å²) in [7, 11) is 0. The number of aromatic nitrogens is 7. The summed E-state index contributed by atoms with van der Waals surface area (Å²) in [6.07, 6.45) is -2.21. The number of rotatable bonds is 5. The second-order valence-electron chi connectivity index (χ2n) is 12.5. The SMILES string of the molecule is Nc1nc(NCCO)nc2c1ncn2[C@@H]1O[C@@H]2COP(O)(=S)O[C@H]3[C@@H](O)[C@H](n4cc5c6c(ncnc64)CCCC5)O[C@@H]3COP(=O)(S)O[C@@H]1[C@@H]2O. The summed E-state index contributed by atoms with van der Waals surface area (Å²) in [5, 5.41) is 35.9. The van der Waals surface area contributed by atoms with Crippen LogP contribution in [0.2, 0.25) is 0 Å². The van der Waals surface area contributed by atoms with E-state index in [1.165, 1.54) is 17.2 Å². The molecule has 3 aliphatic heterocycles. The van der Waals surface area contributed by atoms with Crippen LogP contribution >= 0.6 is 25.8 Å². The van der Waals surface area contributed by atoms with Crippen molar-refractivity contribution in [3.05, 3.63) is 30.1 Å². The number of fused-ring (bicyclic) bond motifs is 4. The van der Waals surface area contributed by atoms with Gasteiger partial charge in [-0.15, -0.1) is 0 Å². The van der Waals surface area contributed by atoms with E-state index in [2.05, 4.69) is 42.5 Å². The third-order valence-electron chi connectivity index (χ3n) is 9.20. The average Bonchev–Trinajstić information content (AvgIpc) is 3.79. The van der Waals surface area contributed by atoms with E-state index in [1.54, 1.807) is 4.57 Å². The van der Waals surface area contributed by atoms with Crippen LogP contribution in [0.3, 0.4) is 0 Å². The van der Waals surface area contributed by atoms with Crippen LogP contribution in [0.25, 0.3) is 22.2 Å². The number of nitrogens with zero attached hydrogens (tertiary/aromatic N) is 7. The molecule has 7 heterocycles. The average molecular weight is 788 g/mol. The quantitative estimate of drug-likeness (QED) is 0.109. The highest BCUT2D eigenvalue weighted by atomic mass is 32.7. The molecule has 7 N–H and O–H groups in total. The number of hydrogen-bond donors (Lipinski definition) is 7. The molecule has 3 fully saturated rings. The molecule has 4 aliphatic rings. The molecule has 0 saturated carbocycles. The Labute approximate surface area is 299 Å². The summed E-state index contributed by atoms with van der Waals surface area (Å²) in [6.45, 7) is -9.57. The van der Waals surface area contributed by atoms with Crippen molar-refractivity contribution < 1.29 is 52.3 Å². The van der Waals surface area contributed by atoms with Gasteiger partial charge >= 0.3 is 13.5 Å². The zero-order chi connectivity index (χ0) is 35.7. The highest BCUT2D eigenvalue weighted by molar-refractivity contribution is 8.44. The van der Waals surface area contributed by atoms with Crippen molar-refractivity contribution >= 4 is 71.5 Å². The topological polar surface area (TPSA) is 266 Å². The van der Waals surface area contributed by atoms with Gasteiger partial charge in [-0.3, -0.25) is 18.1 Å². The summed E-state index contributed by atoms with van der Waals surface area (Å²) >= 11 is 9.54. The van der Waals surface area contributed by atoms with Crippen molar-refractivity contribution in [2.45, 2.75) is 74.8 Å². The molecule has 0 amide bonds. The molecule has 8 rings (SSSR count). The van der Waals surface area contributed by atoms with Gasteiger partial charge in [0.1, 0.15) is 54.1 Å². The third kappa shape index (κ3) is 6.69. The molecule has 20 nitrogen and oxygen atoms in total. The molecule has 4 aromatic rings. The van der Waals surface area contributed by atoms with Crippen LogP contribution in [-0.4, -0.2) is 117 Å². The van der Waals surface area contributed by atoms with Gasteiger partial charge in [-0.25, -0.2) is 19.5 Å². The fourth-order valence-electron chi connectivity index (χ4n) is 6.89. The molecular formula is C27H35N9O11P2S2. The lowest BCUT2D eigenvalue weighted by Gasteiger charge is -2.27. The van der Waals surface area contributed by atoms with Gasteiger partial charge < -0.3 is 49.8 Å². The molecule has 276 valence electrons. The molecular weight excluding hydrogens is 752 g/mol. The second kappa shape index (κ2) is 13.8. The number of imidazole rings is 1. The summed E-state index contributed by atoms with van der Waals surface area (Å²) in [4.78, 5) is 33.0. The van der Waals surface area contributed by atoms with Gasteiger partial charge in [0.15, 0.2) is 23.9 Å². The molecule has 4 aromatic heterocycles. The fourth-order valence-corrected chi connectivity index (χ4v) is 9.80. The molecule has 1 aliphatic carbocycles. The third-order valence-corrected chi connectivity index (χ3v) is 12.4. The predicted molar refractivity (Wildman–Crippen MR) is 184 cm³/mol. The highest BCUT2D eigenvalue weighted by Crippen LogP contribution is 2.58. The van der Waals surface area contributed by atoms with Crippen molar-refractivity contribution in [3.8, 4) is 0 Å². The molecule has 10 atom stereocenters. The first-order valence-corrected chi connectivity index (χ1v) is 21.4. The van der Waals surface area contributed by atoms with Gasteiger partial charge in [0, 0.05) is 18.1 Å². The van der Waals surface area contributed by atoms with Gasteiger partial charge in [-0.2, -0.15) is 9.97 Å². The maximum atomic E-state index is 13.8. The number of aliphatic hydroxyl groups is 3. The summed E-state index contributed by atoms with van der Waals surface area (Å²) in [6, 6.07) is 0. The lowest BCUT2D eigenvalue weighted by molar-refractivity contribution is -0.0587. The van der Waals surface area contributed by atoms with E-state index in [1.807, 2.05) is 6.20 Å². The van der Waals surface area contributed by atoms with Crippen molar-refractivity contribution in [1.82, 2.24) is 34.1 Å². The van der Waals surface area contributed by atoms with Crippen LogP contribution in [0.1, 0.15) is 36.6 Å². The Morgan fingerprint density at radius 1 is 0.980 bits per heavy atom. The van der Waals surface area contributed by atoms with E-state index in [0.29, 0.717) is 5.65 Å². The molecule has 2 unspecified atom stereocenters. The van der Waals surface area contributed by atoms with Gasteiger partial charge in [-0.05, 0) is 43.1 Å². The standard InChI is InChI=1S/C27H35N9O11P2S2/c28-22-17-24(34-27(33-22)29-5-6-37)36(11-32-17)26-21-18(38)14(44-26)8-42-48(40,50)46-20-15(9-43-49(41,51)47-21)45-25(19(20)39)35-7-12-3-1-2-4-13-16(12)23(35)31-10-30-13/h7,10-11,14-15,18-21,25-26,37-39H,1-6,8-9H2,(H,40,50)(H,41,51)(H3,28,29,33,34)/t14-,15-,18-,19-,20-,21-,25-,26-,48?,49?/m1/s1. The van der Waals surface area contributed by atoms with E-state index in [4.69, 9.17) is 45.1 Å². The van der Waals surface area contributed by atoms with Crippen molar-refractivity contribution in [1.29, 1.82) is 0 Å². The monoisotopic (exact) mass is 787 g/mol. The molecule has 0 spiro atoms. The minimum Gasteiger partial charge on any atom is -0.395 e. The summed E-state index contributed by atoms with van der Waals surface area (Å²) < 4.78 is 52.3. The first kappa shape index (κ1) is 35.6. The Hall–Kier alpha value is -2.40. The van der Waals surface area contributed by atoms with Crippen molar-refractivity contribution in [2.75, 3.05) is 37.4 Å². The highest BCUT2D eigenvalue weighted by Gasteiger charge is 2.53. The van der Waals surface area contributed by atoms with Crippen LogP contribution in [0.5, 0.6) is 0 Å². The Morgan fingerprint density at radius 2 is 1.76 bits per heavy atom. The Morgan fingerprint density at radius 3 is 2.59 bits per heavy atom. The van der Waals surface area contributed by atoms with E-state index >= 15 is 0 Å².